The first-order valence-corrected chi connectivity index (χ1v) is 10.6. The van der Waals surface area contributed by atoms with Gasteiger partial charge in [-0.15, -0.1) is 0 Å². The van der Waals surface area contributed by atoms with Gasteiger partial charge in [0.15, 0.2) is 10.9 Å². The fourth-order valence-electron chi connectivity index (χ4n) is 3.01. The Morgan fingerprint density at radius 3 is 2.79 bits per heavy atom. The second-order valence-electron chi connectivity index (χ2n) is 7.15. The molecule has 0 saturated heterocycles. The molecule has 0 N–H and O–H groups in total. The van der Waals surface area contributed by atoms with Crippen LogP contribution in [0.5, 0.6) is 0 Å². The molecular weight excluding hydrogens is 410 g/mol. The second kappa shape index (κ2) is 8.08. The normalized spacial score (nSPS) is 11.6. The van der Waals surface area contributed by atoms with Crippen molar-refractivity contribution in [3.63, 3.8) is 0 Å². The van der Waals surface area contributed by atoms with E-state index in [9.17, 15) is 4.79 Å². The Balaban J connectivity index is 1.68. The van der Waals surface area contributed by atoms with Gasteiger partial charge in [0.1, 0.15) is 5.76 Å². The Labute approximate surface area is 176 Å². The quantitative estimate of drug-likeness (QED) is 0.295. The SMILES string of the molecule is Cc1oc(-c2ccco2)nc1CSc1nc2ccc(Cl)cc2c(=O)n1CC(C)C. The van der Waals surface area contributed by atoms with Gasteiger partial charge in [0, 0.05) is 17.3 Å². The van der Waals surface area contributed by atoms with Crippen LogP contribution in [0, 0.1) is 12.8 Å². The summed E-state index contributed by atoms with van der Waals surface area (Å²) in [6.07, 6.45) is 1.58. The van der Waals surface area contributed by atoms with Crippen LogP contribution in [0.4, 0.5) is 0 Å². The number of oxazole rings is 1. The Kier molecular flexibility index (Phi) is 5.52. The summed E-state index contributed by atoms with van der Waals surface area (Å²) >= 11 is 7.55. The topological polar surface area (TPSA) is 74.1 Å². The van der Waals surface area contributed by atoms with Crippen molar-refractivity contribution in [2.24, 2.45) is 5.92 Å². The van der Waals surface area contributed by atoms with Crippen LogP contribution in [0.25, 0.3) is 22.6 Å². The maximum atomic E-state index is 13.1. The van der Waals surface area contributed by atoms with Gasteiger partial charge in [-0.05, 0) is 43.2 Å². The molecule has 1 aromatic carbocycles. The summed E-state index contributed by atoms with van der Waals surface area (Å²) in [5.74, 6) is 2.57. The maximum absolute atomic E-state index is 13.1. The Hall–Kier alpha value is -2.51. The summed E-state index contributed by atoms with van der Waals surface area (Å²) in [5.41, 5.74) is 1.35. The number of aryl methyl sites for hydroxylation is 1. The highest BCUT2D eigenvalue weighted by molar-refractivity contribution is 7.98. The second-order valence-corrected chi connectivity index (χ2v) is 8.53. The van der Waals surface area contributed by atoms with E-state index >= 15 is 0 Å². The molecule has 0 fully saturated rings. The molecule has 0 aliphatic carbocycles. The fourth-order valence-corrected chi connectivity index (χ4v) is 4.19. The molecule has 0 aliphatic heterocycles. The third kappa shape index (κ3) is 4.11. The lowest BCUT2D eigenvalue weighted by Crippen LogP contribution is -2.25. The zero-order valence-electron chi connectivity index (χ0n) is 16.3. The number of benzene rings is 1. The van der Waals surface area contributed by atoms with Crippen LogP contribution < -0.4 is 5.56 Å². The molecule has 0 bridgehead atoms. The molecule has 0 saturated carbocycles. The minimum atomic E-state index is -0.0816. The molecule has 0 atom stereocenters. The van der Waals surface area contributed by atoms with Crippen LogP contribution in [-0.4, -0.2) is 14.5 Å². The summed E-state index contributed by atoms with van der Waals surface area (Å²) in [5, 5.41) is 1.71. The molecule has 0 aliphatic rings. The molecular formula is C21H20ClN3O3S. The summed E-state index contributed by atoms with van der Waals surface area (Å²) in [4.78, 5) is 22.3. The number of hydrogen-bond donors (Lipinski definition) is 0. The molecule has 0 radical (unpaired) electrons. The number of rotatable bonds is 6. The van der Waals surface area contributed by atoms with Crippen molar-refractivity contribution < 1.29 is 8.83 Å². The molecule has 4 rings (SSSR count). The zero-order valence-corrected chi connectivity index (χ0v) is 17.9. The van der Waals surface area contributed by atoms with E-state index < -0.39 is 0 Å². The molecule has 8 heteroatoms. The predicted molar refractivity (Wildman–Crippen MR) is 114 cm³/mol. The van der Waals surface area contributed by atoms with Crippen molar-refractivity contribution in [1.82, 2.24) is 14.5 Å². The van der Waals surface area contributed by atoms with Crippen LogP contribution in [0.1, 0.15) is 25.3 Å². The number of aromatic nitrogens is 3. The molecule has 6 nitrogen and oxygen atoms in total. The minimum absolute atomic E-state index is 0.0816. The van der Waals surface area contributed by atoms with E-state index in [-0.39, 0.29) is 5.56 Å². The monoisotopic (exact) mass is 429 g/mol. The van der Waals surface area contributed by atoms with E-state index in [2.05, 4.69) is 18.8 Å². The van der Waals surface area contributed by atoms with Gasteiger partial charge in [-0.25, -0.2) is 9.97 Å². The van der Waals surface area contributed by atoms with Crippen molar-refractivity contribution in [2.75, 3.05) is 0 Å². The first-order chi connectivity index (χ1) is 13.9. The third-order valence-corrected chi connectivity index (χ3v) is 5.61. The van der Waals surface area contributed by atoms with E-state index in [0.717, 1.165) is 5.69 Å². The number of nitrogens with zero attached hydrogens (tertiary/aromatic N) is 3. The molecule has 3 aromatic heterocycles. The molecule has 150 valence electrons. The van der Waals surface area contributed by atoms with E-state index in [4.69, 9.17) is 25.4 Å². The van der Waals surface area contributed by atoms with Crippen LogP contribution in [-0.2, 0) is 12.3 Å². The fraction of sp³-hybridized carbons (Fsp3) is 0.286. The lowest BCUT2D eigenvalue weighted by atomic mass is 10.2. The van der Waals surface area contributed by atoms with Gasteiger partial charge in [0.2, 0.25) is 0 Å². The smallest absolute Gasteiger partial charge is 0.263 e. The van der Waals surface area contributed by atoms with Crippen molar-refractivity contribution in [1.29, 1.82) is 0 Å². The summed E-state index contributed by atoms with van der Waals surface area (Å²) in [6.45, 7) is 6.58. The van der Waals surface area contributed by atoms with Crippen LogP contribution in [0.15, 0.2) is 55.4 Å². The van der Waals surface area contributed by atoms with Crippen LogP contribution in [0.2, 0.25) is 5.02 Å². The van der Waals surface area contributed by atoms with E-state index in [1.165, 1.54) is 11.8 Å². The summed E-state index contributed by atoms with van der Waals surface area (Å²) in [6, 6.07) is 8.79. The average Bonchev–Trinajstić information content (AvgIpc) is 3.33. The highest BCUT2D eigenvalue weighted by Gasteiger charge is 2.17. The van der Waals surface area contributed by atoms with Crippen molar-refractivity contribution >= 4 is 34.3 Å². The van der Waals surface area contributed by atoms with E-state index in [0.29, 0.717) is 56.7 Å². The maximum Gasteiger partial charge on any atom is 0.263 e. The van der Waals surface area contributed by atoms with Gasteiger partial charge in [0.05, 0.1) is 22.9 Å². The van der Waals surface area contributed by atoms with Gasteiger partial charge in [-0.1, -0.05) is 37.2 Å². The van der Waals surface area contributed by atoms with Crippen LogP contribution in [0.3, 0.4) is 0 Å². The van der Waals surface area contributed by atoms with Gasteiger partial charge in [-0.3, -0.25) is 9.36 Å². The van der Waals surface area contributed by atoms with Gasteiger partial charge >= 0.3 is 0 Å². The first-order valence-electron chi connectivity index (χ1n) is 9.25. The molecule has 0 amide bonds. The van der Waals surface area contributed by atoms with Gasteiger partial charge < -0.3 is 8.83 Å². The third-order valence-electron chi connectivity index (χ3n) is 4.39. The number of thioether (sulfide) groups is 1. The number of halogens is 1. The molecule has 4 aromatic rings. The van der Waals surface area contributed by atoms with Crippen LogP contribution >= 0.6 is 23.4 Å². The lowest BCUT2D eigenvalue weighted by Gasteiger charge is -2.14. The van der Waals surface area contributed by atoms with E-state index in [1.807, 2.05) is 6.92 Å². The van der Waals surface area contributed by atoms with Gasteiger partial charge in [0.25, 0.3) is 11.4 Å². The van der Waals surface area contributed by atoms with Crippen molar-refractivity contribution in [2.45, 2.75) is 38.2 Å². The van der Waals surface area contributed by atoms with E-state index in [1.54, 1.807) is 41.2 Å². The average molecular weight is 430 g/mol. The Morgan fingerprint density at radius 1 is 1.24 bits per heavy atom. The Morgan fingerprint density at radius 2 is 2.07 bits per heavy atom. The number of furan rings is 1. The Bertz CT molecular complexity index is 1210. The first kappa shape index (κ1) is 19.8. The molecule has 0 unspecified atom stereocenters. The van der Waals surface area contributed by atoms with Crippen molar-refractivity contribution in [3.05, 3.63) is 63.4 Å². The number of fused-ring (bicyclic) bond motifs is 1. The molecule has 0 spiro atoms. The standard InChI is InChI=1S/C21H20ClN3O3S/c1-12(2)10-25-20(26)15-9-14(22)6-7-16(15)24-21(25)29-11-17-13(3)28-19(23-17)18-5-4-8-27-18/h4-9,12H,10-11H2,1-3H3. The summed E-state index contributed by atoms with van der Waals surface area (Å²) < 4.78 is 12.8. The lowest BCUT2D eigenvalue weighted by molar-refractivity contribution is 0.475. The molecule has 29 heavy (non-hydrogen) atoms. The minimum Gasteiger partial charge on any atom is -0.459 e. The predicted octanol–water partition coefficient (Wildman–Crippen LogP) is 5.55. The summed E-state index contributed by atoms with van der Waals surface area (Å²) in [7, 11) is 0. The largest absolute Gasteiger partial charge is 0.459 e. The highest BCUT2D eigenvalue weighted by Crippen LogP contribution is 2.28. The highest BCUT2D eigenvalue weighted by atomic mass is 35.5. The molecule has 3 heterocycles. The zero-order chi connectivity index (χ0) is 20.5. The van der Waals surface area contributed by atoms with Gasteiger partial charge in [-0.2, -0.15) is 0 Å². The van der Waals surface area contributed by atoms with Crippen molar-refractivity contribution in [3.8, 4) is 11.7 Å². The number of hydrogen-bond acceptors (Lipinski definition) is 6.